The Labute approximate surface area is 146 Å². The van der Waals surface area contributed by atoms with E-state index in [-0.39, 0.29) is 36.3 Å². The number of primary amides is 1. The van der Waals surface area contributed by atoms with Crippen LogP contribution in [-0.4, -0.2) is 59.9 Å². The fraction of sp³-hybridized carbons (Fsp3) is 0.556. The van der Waals surface area contributed by atoms with E-state index in [1.54, 1.807) is 17.0 Å². The Kier molecular flexibility index (Phi) is 5.53. The molecule has 2 fully saturated rings. The van der Waals surface area contributed by atoms with Gasteiger partial charge in [0, 0.05) is 19.1 Å². The van der Waals surface area contributed by atoms with Gasteiger partial charge in [0.1, 0.15) is 0 Å². The molecule has 0 unspecified atom stereocenters. The summed E-state index contributed by atoms with van der Waals surface area (Å²) in [6.07, 6.45) is 3.44. The van der Waals surface area contributed by atoms with E-state index >= 15 is 0 Å². The Balaban J connectivity index is 1.48. The number of carbonyl (C=O) groups is 2. The number of piperidine rings is 1. The van der Waals surface area contributed by atoms with Gasteiger partial charge in [-0.25, -0.2) is 4.39 Å². The van der Waals surface area contributed by atoms with Crippen molar-refractivity contribution in [1.29, 1.82) is 0 Å². The van der Waals surface area contributed by atoms with Crippen molar-refractivity contribution >= 4 is 11.8 Å². The molecular formula is C18H24FN3O3. The minimum atomic E-state index is -0.472. The van der Waals surface area contributed by atoms with Crippen molar-refractivity contribution in [3.8, 4) is 5.75 Å². The third-order valence-electron chi connectivity index (χ3n) is 5.10. The van der Waals surface area contributed by atoms with E-state index in [2.05, 4.69) is 4.90 Å². The fourth-order valence-electron chi connectivity index (χ4n) is 3.77. The molecule has 2 amide bonds. The van der Waals surface area contributed by atoms with E-state index in [0.717, 1.165) is 32.2 Å². The van der Waals surface area contributed by atoms with E-state index in [1.807, 2.05) is 0 Å². The molecule has 2 aliphatic rings. The number of amides is 2. The van der Waals surface area contributed by atoms with E-state index in [4.69, 9.17) is 10.5 Å². The van der Waals surface area contributed by atoms with Gasteiger partial charge in [0.05, 0.1) is 6.04 Å². The molecule has 25 heavy (non-hydrogen) atoms. The van der Waals surface area contributed by atoms with Crippen molar-refractivity contribution in [2.75, 3.05) is 26.2 Å². The number of ether oxygens (including phenoxy) is 1. The van der Waals surface area contributed by atoms with Crippen molar-refractivity contribution < 1.29 is 18.7 Å². The van der Waals surface area contributed by atoms with Crippen molar-refractivity contribution in [3.63, 3.8) is 0 Å². The topological polar surface area (TPSA) is 75.9 Å². The van der Waals surface area contributed by atoms with Crippen molar-refractivity contribution in [1.82, 2.24) is 9.80 Å². The minimum absolute atomic E-state index is 0.0899. The maximum absolute atomic E-state index is 13.5. The predicted molar refractivity (Wildman–Crippen MR) is 90.4 cm³/mol. The number of rotatable bonds is 5. The van der Waals surface area contributed by atoms with Crippen LogP contribution in [0.1, 0.15) is 25.7 Å². The molecule has 2 saturated heterocycles. The number of nitrogens with two attached hydrogens (primary N) is 1. The van der Waals surface area contributed by atoms with Gasteiger partial charge < -0.3 is 15.4 Å². The molecule has 3 rings (SSSR count). The molecule has 0 aromatic heterocycles. The highest BCUT2D eigenvalue weighted by Crippen LogP contribution is 2.26. The molecule has 2 N–H and O–H groups in total. The molecule has 1 aromatic carbocycles. The smallest absolute Gasteiger partial charge is 0.260 e. The van der Waals surface area contributed by atoms with Gasteiger partial charge >= 0.3 is 0 Å². The van der Waals surface area contributed by atoms with Crippen LogP contribution in [0.4, 0.5) is 4.39 Å². The summed E-state index contributed by atoms with van der Waals surface area (Å²) in [5, 5.41) is 0. The summed E-state index contributed by atoms with van der Waals surface area (Å²) in [6, 6.07) is 6.17. The fourth-order valence-corrected chi connectivity index (χ4v) is 3.77. The van der Waals surface area contributed by atoms with E-state index in [1.165, 1.54) is 12.1 Å². The number of likely N-dealkylation sites (tertiary alicyclic amines) is 2. The number of carbonyl (C=O) groups excluding carboxylic acids is 2. The number of hydrogen-bond acceptors (Lipinski definition) is 4. The SMILES string of the molecule is NC(=O)[C@H]1CCCN1C1CCN(C(=O)COc2ccccc2F)CC1. The van der Waals surface area contributed by atoms with Crippen LogP contribution in [0.2, 0.25) is 0 Å². The van der Waals surface area contributed by atoms with Crippen LogP contribution < -0.4 is 10.5 Å². The number of halogens is 1. The highest BCUT2D eigenvalue weighted by Gasteiger charge is 2.36. The van der Waals surface area contributed by atoms with Gasteiger partial charge in [-0.15, -0.1) is 0 Å². The van der Waals surface area contributed by atoms with E-state index < -0.39 is 5.82 Å². The summed E-state index contributed by atoms with van der Waals surface area (Å²) in [7, 11) is 0. The highest BCUT2D eigenvalue weighted by atomic mass is 19.1. The van der Waals surface area contributed by atoms with Crippen molar-refractivity contribution in [3.05, 3.63) is 30.1 Å². The van der Waals surface area contributed by atoms with Crippen LogP contribution >= 0.6 is 0 Å². The quantitative estimate of drug-likeness (QED) is 0.865. The third kappa shape index (κ3) is 4.10. The maximum atomic E-state index is 13.5. The Hall–Kier alpha value is -2.15. The molecule has 2 heterocycles. The van der Waals surface area contributed by atoms with E-state index in [0.29, 0.717) is 13.1 Å². The first kappa shape index (κ1) is 17.7. The maximum Gasteiger partial charge on any atom is 0.260 e. The average Bonchev–Trinajstić information content (AvgIpc) is 3.11. The second-order valence-electron chi connectivity index (χ2n) is 6.63. The van der Waals surface area contributed by atoms with Crippen LogP contribution in [0.25, 0.3) is 0 Å². The number of para-hydroxylation sites is 1. The average molecular weight is 349 g/mol. The van der Waals surface area contributed by atoms with Crippen LogP contribution in [0.15, 0.2) is 24.3 Å². The van der Waals surface area contributed by atoms with Gasteiger partial charge in [0.2, 0.25) is 5.91 Å². The van der Waals surface area contributed by atoms with Crippen LogP contribution in [0.5, 0.6) is 5.75 Å². The molecule has 2 aliphatic heterocycles. The molecular weight excluding hydrogens is 325 g/mol. The van der Waals surface area contributed by atoms with Crippen molar-refractivity contribution in [2.45, 2.75) is 37.8 Å². The zero-order chi connectivity index (χ0) is 17.8. The zero-order valence-electron chi connectivity index (χ0n) is 14.2. The molecule has 1 atom stereocenters. The summed E-state index contributed by atoms with van der Waals surface area (Å²) in [4.78, 5) is 27.8. The number of nitrogens with zero attached hydrogens (tertiary/aromatic N) is 2. The molecule has 7 heteroatoms. The third-order valence-corrected chi connectivity index (χ3v) is 5.10. The number of benzene rings is 1. The Morgan fingerprint density at radius 3 is 2.56 bits per heavy atom. The normalized spacial score (nSPS) is 22.1. The minimum Gasteiger partial charge on any atom is -0.481 e. The van der Waals surface area contributed by atoms with Gasteiger partial charge in [-0.05, 0) is 44.4 Å². The molecule has 1 aromatic rings. The molecule has 136 valence electrons. The second-order valence-corrected chi connectivity index (χ2v) is 6.63. The summed E-state index contributed by atoms with van der Waals surface area (Å²) in [5.41, 5.74) is 5.49. The Morgan fingerprint density at radius 1 is 1.16 bits per heavy atom. The van der Waals surface area contributed by atoms with Gasteiger partial charge in [-0.1, -0.05) is 12.1 Å². The monoisotopic (exact) mass is 349 g/mol. The lowest BCUT2D eigenvalue weighted by Crippen LogP contribution is -2.51. The predicted octanol–water partition coefficient (Wildman–Crippen LogP) is 1.15. The molecule has 0 saturated carbocycles. The lowest BCUT2D eigenvalue weighted by molar-refractivity contribution is -0.135. The van der Waals surface area contributed by atoms with Gasteiger partial charge in [0.25, 0.3) is 5.91 Å². The first-order chi connectivity index (χ1) is 12.1. The molecule has 0 radical (unpaired) electrons. The van der Waals surface area contributed by atoms with E-state index in [9.17, 15) is 14.0 Å². The van der Waals surface area contributed by atoms with Gasteiger partial charge in [0.15, 0.2) is 18.2 Å². The molecule has 0 aliphatic carbocycles. The summed E-state index contributed by atoms with van der Waals surface area (Å²) < 4.78 is 18.8. The molecule has 0 spiro atoms. The standard InChI is InChI=1S/C18H24FN3O3/c19-14-4-1-2-6-16(14)25-12-17(23)21-10-7-13(8-11-21)22-9-3-5-15(22)18(20)24/h1-2,4,6,13,15H,3,5,7-12H2,(H2,20,24)/t15-/m1/s1. The Bertz CT molecular complexity index is 632. The molecule has 0 bridgehead atoms. The second kappa shape index (κ2) is 7.82. The van der Waals surface area contributed by atoms with Crippen LogP contribution in [-0.2, 0) is 9.59 Å². The van der Waals surface area contributed by atoms with Gasteiger partial charge in [-0.3, -0.25) is 14.5 Å². The van der Waals surface area contributed by atoms with Crippen LogP contribution in [0, 0.1) is 5.82 Å². The first-order valence-electron chi connectivity index (χ1n) is 8.76. The summed E-state index contributed by atoms with van der Waals surface area (Å²) in [5.74, 6) is -0.781. The lowest BCUT2D eigenvalue weighted by Gasteiger charge is -2.38. The summed E-state index contributed by atoms with van der Waals surface area (Å²) in [6.45, 7) is 1.96. The Morgan fingerprint density at radius 2 is 1.88 bits per heavy atom. The number of hydrogen-bond donors (Lipinski definition) is 1. The largest absolute Gasteiger partial charge is 0.481 e. The zero-order valence-corrected chi connectivity index (χ0v) is 14.2. The van der Waals surface area contributed by atoms with Gasteiger partial charge in [-0.2, -0.15) is 0 Å². The highest BCUT2D eigenvalue weighted by molar-refractivity contribution is 5.80. The van der Waals surface area contributed by atoms with Crippen molar-refractivity contribution in [2.24, 2.45) is 5.73 Å². The molecule has 6 nitrogen and oxygen atoms in total. The summed E-state index contributed by atoms with van der Waals surface area (Å²) >= 11 is 0. The first-order valence-corrected chi connectivity index (χ1v) is 8.76. The lowest BCUT2D eigenvalue weighted by atomic mass is 10.0. The van der Waals surface area contributed by atoms with Crippen LogP contribution in [0.3, 0.4) is 0 Å².